The molecule has 0 radical (unpaired) electrons. The van der Waals surface area contributed by atoms with E-state index in [-0.39, 0.29) is 5.69 Å². The molecule has 0 fully saturated rings. The van der Waals surface area contributed by atoms with Crippen molar-refractivity contribution in [1.29, 1.82) is 0 Å². The van der Waals surface area contributed by atoms with Gasteiger partial charge in [-0.15, -0.1) is 28.5 Å². The van der Waals surface area contributed by atoms with Crippen LogP contribution in [0.5, 0.6) is 0 Å². The van der Waals surface area contributed by atoms with Crippen LogP contribution in [0.4, 0.5) is 5.69 Å². The van der Waals surface area contributed by atoms with Gasteiger partial charge in [-0.1, -0.05) is 18.2 Å². The normalized spacial score (nSPS) is 10.1. The maximum atomic E-state index is 10.7. The first-order valence-electron chi connectivity index (χ1n) is 5.53. The van der Waals surface area contributed by atoms with Crippen molar-refractivity contribution >= 4 is 17.4 Å². The predicted molar refractivity (Wildman–Crippen MR) is 75.0 cm³/mol. The van der Waals surface area contributed by atoms with Gasteiger partial charge in [0.05, 0.1) is 10.6 Å². The molecule has 0 bridgehead atoms. The monoisotopic (exact) mass is 273 g/mol. The highest BCUT2D eigenvalue weighted by atomic mass is 32.2. The Morgan fingerprint density at radius 3 is 2.79 bits per heavy atom. The Morgan fingerprint density at radius 1 is 1.32 bits per heavy atom. The Hall–Kier alpha value is -2.21. The van der Waals surface area contributed by atoms with Gasteiger partial charge in [0.25, 0.3) is 5.69 Å². The Labute approximate surface area is 114 Å². The quantitative estimate of drug-likeness (QED) is 0.362. The molecule has 0 saturated heterocycles. The van der Waals surface area contributed by atoms with Gasteiger partial charge in [0.2, 0.25) is 0 Å². The van der Waals surface area contributed by atoms with Crippen molar-refractivity contribution < 1.29 is 4.92 Å². The molecular formula is C13H11N3O2S. The molecule has 0 aliphatic rings. The maximum absolute atomic E-state index is 10.7. The van der Waals surface area contributed by atoms with Crippen LogP contribution in [-0.4, -0.2) is 20.9 Å². The number of hydrogen-bond acceptors (Lipinski definition) is 5. The van der Waals surface area contributed by atoms with Gasteiger partial charge in [-0.2, -0.15) is 0 Å². The number of nitro groups is 1. The van der Waals surface area contributed by atoms with E-state index in [4.69, 9.17) is 0 Å². The van der Waals surface area contributed by atoms with Crippen molar-refractivity contribution in [3.63, 3.8) is 0 Å². The van der Waals surface area contributed by atoms with Gasteiger partial charge in [0, 0.05) is 23.4 Å². The Bertz CT molecular complexity index is 599. The molecule has 1 heterocycles. The first-order chi connectivity index (χ1) is 9.20. The summed E-state index contributed by atoms with van der Waals surface area (Å²) in [6, 6.07) is 9.99. The van der Waals surface area contributed by atoms with Crippen LogP contribution < -0.4 is 0 Å². The standard InChI is InChI=1S/C13H11N3O2S/c1-2-8-19-13-7-6-12(14-15-13)10-4-3-5-11(9-10)16(17)18/h2-7,9H,1,8H2. The number of non-ortho nitro benzene ring substituents is 1. The van der Waals surface area contributed by atoms with Crippen LogP contribution >= 0.6 is 11.8 Å². The molecule has 19 heavy (non-hydrogen) atoms. The number of thioether (sulfide) groups is 1. The largest absolute Gasteiger partial charge is 0.270 e. The summed E-state index contributed by atoms with van der Waals surface area (Å²) in [7, 11) is 0. The zero-order chi connectivity index (χ0) is 13.7. The highest BCUT2D eigenvalue weighted by Crippen LogP contribution is 2.23. The molecule has 6 heteroatoms. The number of hydrogen-bond donors (Lipinski definition) is 0. The molecule has 96 valence electrons. The van der Waals surface area contributed by atoms with Crippen LogP contribution in [-0.2, 0) is 0 Å². The summed E-state index contributed by atoms with van der Waals surface area (Å²) in [6.45, 7) is 3.63. The van der Waals surface area contributed by atoms with Crippen molar-refractivity contribution in [2.45, 2.75) is 5.03 Å². The molecule has 0 N–H and O–H groups in total. The van der Waals surface area contributed by atoms with E-state index in [1.807, 2.05) is 6.07 Å². The summed E-state index contributed by atoms with van der Waals surface area (Å²) >= 11 is 1.53. The fourth-order valence-electron chi connectivity index (χ4n) is 1.47. The van der Waals surface area contributed by atoms with Crippen LogP contribution in [0, 0.1) is 10.1 Å². The molecule has 2 aromatic rings. The maximum Gasteiger partial charge on any atom is 0.270 e. The molecule has 5 nitrogen and oxygen atoms in total. The summed E-state index contributed by atoms with van der Waals surface area (Å²) in [5.41, 5.74) is 1.35. The number of nitro benzene ring substituents is 1. The summed E-state index contributed by atoms with van der Waals surface area (Å²) in [5, 5.41) is 19.7. The van der Waals surface area contributed by atoms with Gasteiger partial charge in [0.1, 0.15) is 5.03 Å². The second-order valence-corrected chi connectivity index (χ2v) is 4.70. The van der Waals surface area contributed by atoms with E-state index in [9.17, 15) is 10.1 Å². The molecule has 0 unspecified atom stereocenters. The lowest BCUT2D eigenvalue weighted by molar-refractivity contribution is -0.384. The smallest absolute Gasteiger partial charge is 0.258 e. The van der Waals surface area contributed by atoms with Crippen molar-refractivity contribution in [3.05, 3.63) is 59.2 Å². The number of nitrogens with zero attached hydrogens (tertiary/aromatic N) is 3. The zero-order valence-electron chi connectivity index (χ0n) is 10.0. The van der Waals surface area contributed by atoms with E-state index in [0.29, 0.717) is 11.3 Å². The van der Waals surface area contributed by atoms with Gasteiger partial charge < -0.3 is 0 Å². The fourth-order valence-corrected chi connectivity index (χ4v) is 2.03. The van der Waals surface area contributed by atoms with E-state index < -0.39 is 4.92 Å². The minimum absolute atomic E-state index is 0.0457. The van der Waals surface area contributed by atoms with Crippen molar-refractivity contribution in [3.8, 4) is 11.3 Å². The molecule has 0 amide bonds. The minimum atomic E-state index is -0.425. The van der Waals surface area contributed by atoms with Crippen LogP contribution in [0.2, 0.25) is 0 Å². The van der Waals surface area contributed by atoms with Crippen LogP contribution in [0.1, 0.15) is 0 Å². The van der Waals surface area contributed by atoms with Gasteiger partial charge in [-0.05, 0) is 12.1 Å². The third-order valence-corrected chi connectivity index (χ3v) is 3.26. The molecule has 0 saturated carbocycles. The summed E-state index contributed by atoms with van der Waals surface area (Å²) in [6.07, 6.45) is 1.79. The number of rotatable bonds is 5. The minimum Gasteiger partial charge on any atom is -0.258 e. The van der Waals surface area contributed by atoms with E-state index in [1.165, 1.54) is 23.9 Å². The highest BCUT2D eigenvalue weighted by Gasteiger charge is 2.08. The lowest BCUT2D eigenvalue weighted by Crippen LogP contribution is -1.92. The summed E-state index contributed by atoms with van der Waals surface area (Å²) < 4.78 is 0. The first kappa shape index (κ1) is 13.2. The SMILES string of the molecule is C=CCSc1ccc(-c2cccc([N+](=O)[O-])c2)nn1. The second kappa shape index (κ2) is 6.10. The molecule has 1 aromatic heterocycles. The summed E-state index contributed by atoms with van der Waals surface area (Å²) in [4.78, 5) is 10.3. The number of benzene rings is 1. The average molecular weight is 273 g/mol. The van der Waals surface area contributed by atoms with Crippen LogP contribution in [0.25, 0.3) is 11.3 Å². The third kappa shape index (κ3) is 3.38. The Morgan fingerprint density at radius 2 is 2.16 bits per heavy atom. The molecular weight excluding hydrogens is 262 g/mol. The highest BCUT2D eigenvalue weighted by molar-refractivity contribution is 7.99. The van der Waals surface area contributed by atoms with Crippen LogP contribution in [0.3, 0.4) is 0 Å². The summed E-state index contributed by atoms with van der Waals surface area (Å²) in [5.74, 6) is 0.769. The average Bonchev–Trinajstić information content (AvgIpc) is 2.46. The van der Waals surface area contributed by atoms with E-state index >= 15 is 0 Å². The van der Waals surface area contributed by atoms with Crippen molar-refractivity contribution in [1.82, 2.24) is 10.2 Å². The van der Waals surface area contributed by atoms with Crippen molar-refractivity contribution in [2.24, 2.45) is 0 Å². The fraction of sp³-hybridized carbons (Fsp3) is 0.0769. The molecule has 0 aliphatic carbocycles. The van der Waals surface area contributed by atoms with Gasteiger partial charge in [-0.3, -0.25) is 10.1 Å². The molecule has 0 aliphatic heterocycles. The molecule has 1 aromatic carbocycles. The Kier molecular flexibility index (Phi) is 4.25. The lowest BCUT2D eigenvalue weighted by Gasteiger charge is -2.01. The van der Waals surface area contributed by atoms with E-state index in [0.717, 1.165) is 10.8 Å². The lowest BCUT2D eigenvalue weighted by atomic mass is 10.1. The third-order valence-electron chi connectivity index (χ3n) is 2.34. The van der Waals surface area contributed by atoms with E-state index in [1.54, 1.807) is 24.3 Å². The first-order valence-corrected chi connectivity index (χ1v) is 6.51. The van der Waals surface area contributed by atoms with Crippen molar-refractivity contribution in [2.75, 3.05) is 5.75 Å². The predicted octanol–water partition coefficient (Wildman–Crippen LogP) is 3.33. The van der Waals surface area contributed by atoms with Gasteiger partial charge in [-0.25, -0.2) is 0 Å². The second-order valence-electron chi connectivity index (χ2n) is 3.66. The Balaban J connectivity index is 2.24. The van der Waals surface area contributed by atoms with E-state index in [2.05, 4.69) is 16.8 Å². The molecule has 0 spiro atoms. The van der Waals surface area contributed by atoms with Gasteiger partial charge >= 0.3 is 0 Å². The number of aromatic nitrogens is 2. The molecule has 2 rings (SSSR count). The van der Waals surface area contributed by atoms with Gasteiger partial charge in [0.15, 0.2) is 0 Å². The van der Waals surface area contributed by atoms with Crippen LogP contribution in [0.15, 0.2) is 54.1 Å². The zero-order valence-corrected chi connectivity index (χ0v) is 10.8. The topological polar surface area (TPSA) is 68.9 Å². The molecule has 0 atom stereocenters.